The summed E-state index contributed by atoms with van der Waals surface area (Å²) in [6.45, 7) is 10.9. The highest BCUT2D eigenvalue weighted by molar-refractivity contribution is 7.98. The van der Waals surface area contributed by atoms with E-state index in [-0.39, 0.29) is 11.0 Å². The summed E-state index contributed by atoms with van der Waals surface area (Å²) < 4.78 is 1.74. The van der Waals surface area contributed by atoms with Gasteiger partial charge in [-0.3, -0.25) is 9.36 Å². The van der Waals surface area contributed by atoms with Gasteiger partial charge in [0.15, 0.2) is 5.16 Å². The summed E-state index contributed by atoms with van der Waals surface area (Å²) >= 11 is 3.12. The number of nitrogens with zero attached hydrogens (tertiary/aromatic N) is 2. The Bertz CT molecular complexity index is 1260. The number of thioether (sulfide) groups is 1. The van der Waals surface area contributed by atoms with Crippen molar-refractivity contribution in [2.75, 3.05) is 0 Å². The maximum atomic E-state index is 13.4. The van der Waals surface area contributed by atoms with Crippen LogP contribution >= 0.6 is 23.1 Å². The van der Waals surface area contributed by atoms with Crippen molar-refractivity contribution < 1.29 is 0 Å². The van der Waals surface area contributed by atoms with Crippen LogP contribution in [0, 0.1) is 0 Å². The normalized spacial score (nSPS) is 11.7. The minimum absolute atomic E-state index is 0.00409. The zero-order chi connectivity index (χ0) is 22.0. The molecule has 31 heavy (non-hydrogen) atoms. The Kier molecular flexibility index (Phi) is 6.17. The first-order valence-corrected chi connectivity index (χ1v) is 12.2. The summed E-state index contributed by atoms with van der Waals surface area (Å²) in [5.74, 6) is 0.760. The van der Waals surface area contributed by atoms with Gasteiger partial charge in [-0.1, -0.05) is 93.2 Å². The molecule has 158 valence electrons. The molecule has 2 aromatic heterocycles. The monoisotopic (exact) mass is 446 g/mol. The topological polar surface area (TPSA) is 34.9 Å². The van der Waals surface area contributed by atoms with Crippen LogP contribution in [0.4, 0.5) is 0 Å². The Hall–Kier alpha value is -2.63. The second kappa shape index (κ2) is 8.85. The minimum Gasteiger partial charge on any atom is -0.283 e. The average molecular weight is 447 g/mol. The molecule has 0 amide bonds. The zero-order valence-electron chi connectivity index (χ0n) is 18.1. The van der Waals surface area contributed by atoms with E-state index in [1.165, 1.54) is 22.5 Å². The molecule has 0 radical (unpaired) electrons. The van der Waals surface area contributed by atoms with E-state index < -0.39 is 0 Å². The average Bonchev–Trinajstić information content (AvgIpc) is 3.19. The molecule has 4 rings (SSSR count). The van der Waals surface area contributed by atoms with Crippen molar-refractivity contribution in [1.29, 1.82) is 0 Å². The first kappa shape index (κ1) is 21.6. The maximum absolute atomic E-state index is 13.4. The van der Waals surface area contributed by atoms with E-state index in [1.54, 1.807) is 22.4 Å². The Morgan fingerprint density at radius 2 is 1.81 bits per heavy atom. The van der Waals surface area contributed by atoms with Crippen LogP contribution in [-0.4, -0.2) is 9.55 Å². The van der Waals surface area contributed by atoms with Crippen LogP contribution in [0.2, 0.25) is 0 Å². The zero-order valence-corrected chi connectivity index (χ0v) is 19.7. The fourth-order valence-electron chi connectivity index (χ4n) is 3.49. The molecule has 0 bridgehead atoms. The van der Waals surface area contributed by atoms with Gasteiger partial charge >= 0.3 is 0 Å². The summed E-state index contributed by atoms with van der Waals surface area (Å²) in [5, 5.41) is 3.46. The van der Waals surface area contributed by atoms with Crippen molar-refractivity contribution in [1.82, 2.24) is 9.55 Å². The van der Waals surface area contributed by atoms with Crippen LogP contribution in [0.5, 0.6) is 0 Å². The molecule has 2 heterocycles. The molecule has 0 saturated carbocycles. The highest BCUT2D eigenvalue weighted by Crippen LogP contribution is 2.33. The lowest BCUT2D eigenvalue weighted by Crippen LogP contribution is -2.22. The van der Waals surface area contributed by atoms with Crippen LogP contribution in [0.15, 0.2) is 82.6 Å². The van der Waals surface area contributed by atoms with E-state index in [0.717, 1.165) is 26.9 Å². The van der Waals surface area contributed by atoms with E-state index in [2.05, 4.69) is 51.6 Å². The fraction of sp³-hybridized carbons (Fsp3) is 0.231. The van der Waals surface area contributed by atoms with E-state index in [9.17, 15) is 4.79 Å². The predicted molar refractivity (Wildman–Crippen MR) is 134 cm³/mol. The molecule has 0 N–H and O–H groups in total. The van der Waals surface area contributed by atoms with Gasteiger partial charge in [0.1, 0.15) is 4.83 Å². The van der Waals surface area contributed by atoms with Gasteiger partial charge in [-0.05, 0) is 22.1 Å². The molecule has 2 aromatic carbocycles. The van der Waals surface area contributed by atoms with Gasteiger partial charge in [-0.25, -0.2) is 4.98 Å². The van der Waals surface area contributed by atoms with Crippen LogP contribution in [-0.2, 0) is 17.7 Å². The lowest BCUT2D eigenvalue weighted by atomic mass is 9.87. The van der Waals surface area contributed by atoms with Gasteiger partial charge in [0.2, 0.25) is 0 Å². The number of fused-ring (bicyclic) bond motifs is 1. The number of hydrogen-bond acceptors (Lipinski definition) is 4. The molecule has 0 aliphatic carbocycles. The third-order valence-corrected chi connectivity index (χ3v) is 7.16. The molecular weight excluding hydrogens is 420 g/mol. The maximum Gasteiger partial charge on any atom is 0.263 e. The summed E-state index contributed by atoms with van der Waals surface area (Å²) in [7, 11) is 0. The largest absolute Gasteiger partial charge is 0.283 e. The molecule has 0 unspecified atom stereocenters. The van der Waals surface area contributed by atoms with Crippen molar-refractivity contribution in [2.24, 2.45) is 0 Å². The molecule has 0 aliphatic heterocycles. The number of aromatic nitrogens is 2. The van der Waals surface area contributed by atoms with Crippen molar-refractivity contribution in [2.45, 2.75) is 43.6 Å². The number of allylic oxidation sites excluding steroid dienone is 1. The standard InChI is InChI=1S/C26H26N2OS2/c1-5-15-28-24(29)22-21(19-9-7-6-8-10-19)17-30-23(22)27-25(28)31-16-18-11-13-20(14-12-18)26(2,3)4/h5-14,17H,1,15-16H2,2-4H3. The SMILES string of the molecule is C=CCn1c(SCc2ccc(C(C)(C)C)cc2)nc2scc(-c3ccccc3)c2c1=O. The molecule has 0 spiro atoms. The van der Waals surface area contributed by atoms with Crippen LogP contribution in [0.1, 0.15) is 31.9 Å². The van der Waals surface area contributed by atoms with Crippen LogP contribution < -0.4 is 5.56 Å². The van der Waals surface area contributed by atoms with Gasteiger partial charge in [0.25, 0.3) is 5.56 Å². The molecule has 0 atom stereocenters. The van der Waals surface area contributed by atoms with Gasteiger partial charge < -0.3 is 0 Å². The number of thiophene rings is 1. The van der Waals surface area contributed by atoms with Crippen molar-refractivity contribution in [3.05, 3.63) is 94.1 Å². The molecule has 0 aliphatic rings. The van der Waals surface area contributed by atoms with Gasteiger partial charge in [-0.15, -0.1) is 17.9 Å². The smallest absolute Gasteiger partial charge is 0.263 e. The van der Waals surface area contributed by atoms with Crippen LogP contribution in [0.25, 0.3) is 21.3 Å². The summed E-state index contributed by atoms with van der Waals surface area (Å²) in [4.78, 5) is 19.1. The Balaban J connectivity index is 1.69. The van der Waals surface area contributed by atoms with Gasteiger partial charge in [0, 0.05) is 23.2 Å². The lowest BCUT2D eigenvalue weighted by molar-refractivity contribution is 0.590. The summed E-state index contributed by atoms with van der Waals surface area (Å²) in [5.41, 5.74) is 4.65. The Morgan fingerprint density at radius 1 is 1.10 bits per heavy atom. The van der Waals surface area contributed by atoms with Gasteiger partial charge in [0.05, 0.1) is 5.39 Å². The van der Waals surface area contributed by atoms with Gasteiger partial charge in [-0.2, -0.15) is 0 Å². The quantitative estimate of drug-likeness (QED) is 0.183. The summed E-state index contributed by atoms with van der Waals surface area (Å²) in [6, 6.07) is 18.7. The molecule has 3 nitrogen and oxygen atoms in total. The van der Waals surface area contributed by atoms with Crippen molar-refractivity contribution >= 4 is 33.3 Å². The molecule has 4 aromatic rings. The Labute approximate surface area is 191 Å². The third kappa shape index (κ3) is 4.53. The minimum atomic E-state index is -0.00409. The highest BCUT2D eigenvalue weighted by Gasteiger charge is 2.17. The van der Waals surface area contributed by atoms with Crippen LogP contribution in [0.3, 0.4) is 0 Å². The molecule has 0 fully saturated rings. The lowest BCUT2D eigenvalue weighted by Gasteiger charge is -2.19. The van der Waals surface area contributed by atoms with Crippen molar-refractivity contribution in [3.8, 4) is 11.1 Å². The number of hydrogen-bond donors (Lipinski definition) is 0. The molecular formula is C26H26N2OS2. The fourth-order valence-corrected chi connectivity index (χ4v) is 5.44. The number of rotatable bonds is 6. The second-order valence-corrected chi connectivity index (χ2v) is 10.3. The molecule has 0 saturated heterocycles. The van der Waals surface area contributed by atoms with E-state index in [0.29, 0.717) is 11.9 Å². The third-order valence-electron chi connectivity index (χ3n) is 5.24. The van der Waals surface area contributed by atoms with E-state index in [1.807, 2.05) is 35.7 Å². The first-order chi connectivity index (χ1) is 14.9. The van der Waals surface area contributed by atoms with Crippen molar-refractivity contribution in [3.63, 3.8) is 0 Å². The predicted octanol–water partition coefficient (Wildman–Crippen LogP) is 6.90. The van der Waals surface area contributed by atoms with E-state index in [4.69, 9.17) is 4.98 Å². The molecule has 5 heteroatoms. The first-order valence-electron chi connectivity index (χ1n) is 10.3. The second-order valence-electron chi connectivity index (χ2n) is 8.53. The summed E-state index contributed by atoms with van der Waals surface area (Å²) in [6.07, 6.45) is 1.76. The van der Waals surface area contributed by atoms with E-state index >= 15 is 0 Å². The highest BCUT2D eigenvalue weighted by atomic mass is 32.2. The Morgan fingerprint density at radius 3 is 2.45 bits per heavy atom. The number of benzene rings is 2.